The molecule has 2 aromatic carbocycles. The van der Waals surface area contributed by atoms with Crippen LogP contribution in [0.1, 0.15) is 50.8 Å². The molecule has 0 spiro atoms. The molecule has 4 heterocycles. The van der Waals surface area contributed by atoms with Crippen molar-refractivity contribution in [2.45, 2.75) is 46.6 Å². The molecule has 6 nitrogen and oxygen atoms in total. The summed E-state index contributed by atoms with van der Waals surface area (Å²) in [4.78, 5) is 27.6. The second kappa shape index (κ2) is 11.9. The number of aromatic nitrogens is 3. The van der Waals surface area contributed by atoms with E-state index in [0.29, 0.717) is 5.92 Å². The number of hydrogen-bond acceptors (Lipinski definition) is 6. The van der Waals surface area contributed by atoms with Crippen LogP contribution >= 0.6 is 11.3 Å². The first kappa shape index (κ1) is 26.8. The Morgan fingerprint density at radius 3 is 2.59 bits per heavy atom. The van der Waals surface area contributed by atoms with Crippen LogP contribution in [0.5, 0.6) is 0 Å². The summed E-state index contributed by atoms with van der Waals surface area (Å²) in [6, 6.07) is 15.1. The molecule has 7 heteroatoms. The maximum Gasteiger partial charge on any atom is 0.219 e. The van der Waals surface area contributed by atoms with E-state index < -0.39 is 0 Å². The van der Waals surface area contributed by atoms with E-state index in [2.05, 4.69) is 64.0 Å². The number of likely N-dealkylation sites (tertiary alicyclic amines) is 1. The third-order valence-corrected chi connectivity index (χ3v) is 8.56. The minimum absolute atomic E-state index is 0.0753. The number of fused-ring (bicyclic) bond motifs is 2. The predicted molar refractivity (Wildman–Crippen MR) is 162 cm³/mol. The molecule has 1 atom stereocenters. The Morgan fingerprint density at radius 1 is 1.05 bits per heavy atom. The van der Waals surface area contributed by atoms with Gasteiger partial charge in [0.05, 0.1) is 17.1 Å². The fourth-order valence-corrected chi connectivity index (χ4v) is 6.39. The lowest BCUT2D eigenvalue weighted by molar-refractivity contribution is -0.130. The topological polar surface area (TPSA) is 71.0 Å². The third kappa shape index (κ3) is 5.64. The molecule has 1 aliphatic rings. The summed E-state index contributed by atoms with van der Waals surface area (Å²) in [6.07, 6.45) is 9.16. The average Bonchev–Trinajstić information content (AvgIpc) is 3.36. The zero-order valence-electron chi connectivity index (χ0n) is 23.0. The molecule has 6 rings (SSSR count). The summed E-state index contributed by atoms with van der Waals surface area (Å²) in [5, 5.41) is 7.34. The lowest BCUT2D eigenvalue weighted by Gasteiger charge is -2.36. The van der Waals surface area contributed by atoms with E-state index in [4.69, 9.17) is 4.98 Å². The molecule has 0 saturated carbocycles. The highest BCUT2D eigenvalue weighted by molar-refractivity contribution is 7.17. The fourth-order valence-electron chi connectivity index (χ4n) is 5.46. The summed E-state index contributed by atoms with van der Waals surface area (Å²) in [6.45, 7) is 9.39. The number of carbonyl (C=O) groups excluding carboxylic acids is 1. The van der Waals surface area contributed by atoms with Crippen molar-refractivity contribution in [3.63, 3.8) is 0 Å². The Balaban J connectivity index is 0.00000151. The number of nitrogens with one attached hydrogen (secondary N) is 1. The van der Waals surface area contributed by atoms with Crippen LogP contribution in [-0.2, 0) is 4.79 Å². The SMILES string of the molecule is CC.CC(=O)N1CCC(C(Nc2cc(-c3ccc4scc(C)c4c3)c3nccnc3c2)c2cccnc2)CC1. The van der Waals surface area contributed by atoms with E-state index in [0.717, 1.165) is 59.3 Å². The molecule has 3 aromatic heterocycles. The number of nitrogens with zero attached hydrogens (tertiary/aromatic N) is 4. The molecular weight excluding hydrogens is 502 g/mol. The molecule has 0 radical (unpaired) electrons. The van der Waals surface area contributed by atoms with E-state index in [1.165, 1.54) is 15.6 Å². The number of piperidine rings is 1. The molecule has 0 aliphatic carbocycles. The van der Waals surface area contributed by atoms with Gasteiger partial charge in [0.1, 0.15) is 0 Å². The van der Waals surface area contributed by atoms with Gasteiger partial charge in [-0.15, -0.1) is 11.3 Å². The average molecular weight is 538 g/mol. The van der Waals surface area contributed by atoms with Crippen LogP contribution in [0, 0.1) is 12.8 Å². The molecule has 39 heavy (non-hydrogen) atoms. The molecule has 1 aliphatic heterocycles. The Kier molecular flexibility index (Phi) is 8.17. The maximum atomic E-state index is 11.9. The summed E-state index contributed by atoms with van der Waals surface area (Å²) in [5.41, 5.74) is 7.41. The molecule has 0 bridgehead atoms. The van der Waals surface area contributed by atoms with Crippen LogP contribution < -0.4 is 5.32 Å². The highest BCUT2D eigenvalue weighted by Gasteiger charge is 2.29. The van der Waals surface area contributed by atoms with E-state index in [-0.39, 0.29) is 11.9 Å². The van der Waals surface area contributed by atoms with Crippen molar-refractivity contribution in [2.75, 3.05) is 18.4 Å². The van der Waals surface area contributed by atoms with Crippen molar-refractivity contribution in [3.05, 3.63) is 83.8 Å². The van der Waals surface area contributed by atoms with Gasteiger partial charge in [0.25, 0.3) is 0 Å². The van der Waals surface area contributed by atoms with Crippen LogP contribution in [0.2, 0.25) is 0 Å². The summed E-state index contributed by atoms with van der Waals surface area (Å²) >= 11 is 1.78. The number of amides is 1. The van der Waals surface area contributed by atoms with E-state index in [1.54, 1.807) is 30.7 Å². The van der Waals surface area contributed by atoms with E-state index >= 15 is 0 Å². The van der Waals surface area contributed by atoms with Crippen LogP contribution in [-0.4, -0.2) is 38.8 Å². The third-order valence-electron chi connectivity index (χ3n) is 7.47. The zero-order valence-corrected chi connectivity index (χ0v) is 23.8. The van der Waals surface area contributed by atoms with Gasteiger partial charge >= 0.3 is 0 Å². The van der Waals surface area contributed by atoms with Crippen molar-refractivity contribution in [1.82, 2.24) is 19.9 Å². The molecule has 200 valence electrons. The van der Waals surface area contributed by atoms with Crippen molar-refractivity contribution in [1.29, 1.82) is 0 Å². The minimum Gasteiger partial charge on any atom is -0.378 e. The van der Waals surface area contributed by atoms with E-state index in [9.17, 15) is 4.79 Å². The van der Waals surface area contributed by atoms with Gasteiger partial charge in [-0.05, 0) is 83.5 Å². The number of rotatable bonds is 5. The lowest BCUT2D eigenvalue weighted by atomic mass is 9.85. The first-order chi connectivity index (χ1) is 19.1. The Morgan fingerprint density at radius 2 is 1.85 bits per heavy atom. The zero-order chi connectivity index (χ0) is 27.4. The van der Waals surface area contributed by atoms with Gasteiger partial charge in [-0.25, -0.2) is 0 Å². The van der Waals surface area contributed by atoms with Crippen LogP contribution in [0.25, 0.3) is 32.2 Å². The Hall–Kier alpha value is -3.84. The molecule has 1 fully saturated rings. The van der Waals surface area contributed by atoms with Crippen molar-refractivity contribution in [2.24, 2.45) is 5.92 Å². The Labute approximate surface area is 234 Å². The number of carbonyl (C=O) groups is 1. The molecule has 1 N–H and O–H groups in total. The number of aryl methyl sites for hydroxylation is 1. The Bertz CT molecular complexity index is 1570. The van der Waals surface area contributed by atoms with Crippen molar-refractivity contribution in [3.8, 4) is 11.1 Å². The first-order valence-electron chi connectivity index (χ1n) is 13.7. The fraction of sp³-hybridized carbons (Fsp3) is 0.312. The number of benzene rings is 2. The summed E-state index contributed by atoms with van der Waals surface area (Å²) in [5.74, 6) is 0.533. The lowest BCUT2D eigenvalue weighted by Crippen LogP contribution is -2.39. The normalized spacial score (nSPS) is 14.6. The number of anilines is 1. The quantitative estimate of drug-likeness (QED) is 0.249. The summed E-state index contributed by atoms with van der Waals surface area (Å²) in [7, 11) is 0. The number of thiophene rings is 1. The van der Waals surface area contributed by atoms with Crippen LogP contribution in [0.3, 0.4) is 0 Å². The molecule has 1 unspecified atom stereocenters. The largest absolute Gasteiger partial charge is 0.378 e. The second-order valence-corrected chi connectivity index (χ2v) is 10.7. The highest BCUT2D eigenvalue weighted by atomic mass is 32.1. The van der Waals surface area contributed by atoms with Crippen molar-refractivity contribution >= 4 is 44.1 Å². The van der Waals surface area contributed by atoms with Gasteiger partial charge in [0.2, 0.25) is 5.91 Å². The van der Waals surface area contributed by atoms with Crippen LogP contribution in [0.4, 0.5) is 5.69 Å². The highest BCUT2D eigenvalue weighted by Crippen LogP contribution is 2.38. The molecular formula is C32H35N5OS. The summed E-state index contributed by atoms with van der Waals surface area (Å²) < 4.78 is 1.29. The predicted octanol–water partition coefficient (Wildman–Crippen LogP) is 7.65. The minimum atomic E-state index is 0.0753. The van der Waals surface area contributed by atoms with Gasteiger partial charge in [0.15, 0.2) is 0 Å². The van der Waals surface area contributed by atoms with Gasteiger partial charge in [-0.1, -0.05) is 26.0 Å². The standard InChI is InChI=1S/C30H29N5OS.C2H6/c1-19-18-37-28-6-5-22(14-25(19)28)26-15-24(16-27-30(26)33-11-10-32-27)34-29(23-4-3-9-31-17-23)21-7-12-35(13-8-21)20(2)36;1-2/h3-6,9-11,14-18,21,29,34H,7-8,12-13H2,1-2H3;1-2H3. The molecule has 5 aromatic rings. The van der Waals surface area contributed by atoms with Gasteiger partial charge < -0.3 is 10.2 Å². The van der Waals surface area contributed by atoms with Crippen molar-refractivity contribution < 1.29 is 4.79 Å². The monoisotopic (exact) mass is 537 g/mol. The van der Waals surface area contributed by atoms with Gasteiger partial charge in [-0.2, -0.15) is 0 Å². The molecule has 1 saturated heterocycles. The van der Waals surface area contributed by atoms with Crippen LogP contribution in [0.15, 0.2) is 72.6 Å². The number of hydrogen-bond donors (Lipinski definition) is 1. The van der Waals surface area contributed by atoms with Gasteiger partial charge in [-0.3, -0.25) is 19.7 Å². The second-order valence-electron chi connectivity index (χ2n) is 9.83. The maximum absolute atomic E-state index is 11.9. The van der Waals surface area contributed by atoms with E-state index in [1.807, 2.05) is 37.2 Å². The first-order valence-corrected chi connectivity index (χ1v) is 14.6. The van der Waals surface area contributed by atoms with Gasteiger partial charge in [0, 0.05) is 60.8 Å². The number of pyridine rings is 1. The smallest absolute Gasteiger partial charge is 0.219 e. The molecule has 1 amide bonds.